The van der Waals surface area contributed by atoms with Gasteiger partial charge in [-0.05, 0) is 31.7 Å². The van der Waals surface area contributed by atoms with E-state index in [2.05, 4.69) is 24.5 Å². The molecule has 0 aliphatic carbocycles. The van der Waals surface area contributed by atoms with Crippen molar-refractivity contribution in [2.24, 2.45) is 5.92 Å². The van der Waals surface area contributed by atoms with Gasteiger partial charge in [0.2, 0.25) is 5.91 Å². The number of nitrogens with one attached hydrogen (secondary N) is 2. The van der Waals surface area contributed by atoms with Gasteiger partial charge in [-0.2, -0.15) is 0 Å². The fourth-order valence-corrected chi connectivity index (χ4v) is 2.15. The molecular weight excluding hydrogens is 228 g/mol. The van der Waals surface area contributed by atoms with Crippen LogP contribution < -0.4 is 10.6 Å². The number of carbonyl (C=O) groups excluding carboxylic acids is 1. The van der Waals surface area contributed by atoms with Crippen molar-refractivity contribution in [2.45, 2.75) is 52.0 Å². The molecule has 0 aromatic heterocycles. The van der Waals surface area contributed by atoms with Crippen molar-refractivity contribution < 1.29 is 9.53 Å². The SMILES string of the molecule is CC(C)COCCNC(=O)CCC1CCCCN1. The molecule has 1 saturated heterocycles. The van der Waals surface area contributed by atoms with E-state index in [9.17, 15) is 4.79 Å². The molecule has 0 aromatic carbocycles. The van der Waals surface area contributed by atoms with Crippen molar-refractivity contribution in [2.75, 3.05) is 26.3 Å². The van der Waals surface area contributed by atoms with Crippen LogP contribution in [0.2, 0.25) is 0 Å². The molecule has 0 bridgehead atoms. The van der Waals surface area contributed by atoms with E-state index in [0.717, 1.165) is 19.6 Å². The maximum absolute atomic E-state index is 11.6. The zero-order chi connectivity index (χ0) is 13.2. The average molecular weight is 256 g/mol. The van der Waals surface area contributed by atoms with Gasteiger partial charge in [0.05, 0.1) is 6.61 Å². The summed E-state index contributed by atoms with van der Waals surface area (Å²) in [5, 5.41) is 6.36. The Balaban J connectivity index is 1.93. The first kappa shape index (κ1) is 15.4. The summed E-state index contributed by atoms with van der Waals surface area (Å²) in [4.78, 5) is 11.6. The highest BCUT2D eigenvalue weighted by Crippen LogP contribution is 2.11. The van der Waals surface area contributed by atoms with Gasteiger partial charge in [-0.25, -0.2) is 0 Å². The van der Waals surface area contributed by atoms with Crippen LogP contribution in [0.5, 0.6) is 0 Å². The number of piperidine rings is 1. The summed E-state index contributed by atoms with van der Waals surface area (Å²) >= 11 is 0. The third kappa shape index (κ3) is 7.67. The zero-order valence-corrected chi connectivity index (χ0v) is 11.8. The summed E-state index contributed by atoms with van der Waals surface area (Å²) in [5.74, 6) is 0.702. The number of rotatable bonds is 8. The number of carbonyl (C=O) groups is 1. The molecule has 18 heavy (non-hydrogen) atoms. The van der Waals surface area contributed by atoms with Gasteiger partial charge in [-0.1, -0.05) is 20.3 Å². The van der Waals surface area contributed by atoms with Gasteiger partial charge in [0.25, 0.3) is 0 Å². The second kappa shape index (κ2) is 9.34. The van der Waals surface area contributed by atoms with Crippen molar-refractivity contribution >= 4 is 5.91 Å². The Bertz CT molecular complexity index is 226. The molecule has 4 heteroatoms. The van der Waals surface area contributed by atoms with Crippen LogP contribution in [-0.2, 0) is 9.53 Å². The van der Waals surface area contributed by atoms with Crippen LogP contribution in [0.25, 0.3) is 0 Å². The highest BCUT2D eigenvalue weighted by Gasteiger charge is 2.13. The molecule has 1 amide bonds. The van der Waals surface area contributed by atoms with Crippen molar-refractivity contribution in [3.63, 3.8) is 0 Å². The molecule has 1 rings (SSSR count). The number of ether oxygens (including phenoxy) is 1. The van der Waals surface area contributed by atoms with Gasteiger partial charge < -0.3 is 15.4 Å². The minimum absolute atomic E-state index is 0.149. The molecule has 1 fully saturated rings. The number of hydrogen-bond acceptors (Lipinski definition) is 3. The highest BCUT2D eigenvalue weighted by molar-refractivity contribution is 5.75. The summed E-state index contributed by atoms with van der Waals surface area (Å²) in [6, 6.07) is 0.543. The molecule has 0 radical (unpaired) electrons. The topological polar surface area (TPSA) is 50.4 Å². The third-order valence-electron chi connectivity index (χ3n) is 3.15. The summed E-state index contributed by atoms with van der Waals surface area (Å²) in [7, 11) is 0. The Morgan fingerprint density at radius 1 is 1.44 bits per heavy atom. The number of amides is 1. The fraction of sp³-hybridized carbons (Fsp3) is 0.929. The lowest BCUT2D eigenvalue weighted by molar-refractivity contribution is -0.121. The molecule has 0 spiro atoms. The van der Waals surface area contributed by atoms with Gasteiger partial charge in [-0.15, -0.1) is 0 Å². The van der Waals surface area contributed by atoms with Gasteiger partial charge in [-0.3, -0.25) is 4.79 Å². The second-order valence-corrected chi connectivity index (χ2v) is 5.50. The molecule has 1 unspecified atom stereocenters. The lowest BCUT2D eigenvalue weighted by Gasteiger charge is -2.23. The lowest BCUT2D eigenvalue weighted by atomic mass is 10.0. The minimum atomic E-state index is 0.149. The molecule has 0 saturated carbocycles. The van der Waals surface area contributed by atoms with Crippen molar-refractivity contribution in [1.82, 2.24) is 10.6 Å². The summed E-state index contributed by atoms with van der Waals surface area (Å²) in [6.45, 7) is 7.36. The Kier molecular flexibility index (Phi) is 8.01. The van der Waals surface area contributed by atoms with Gasteiger partial charge in [0, 0.05) is 25.6 Å². The average Bonchev–Trinajstić information content (AvgIpc) is 2.37. The summed E-state index contributed by atoms with van der Waals surface area (Å²) in [5.41, 5.74) is 0. The fourth-order valence-electron chi connectivity index (χ4n) is 2.15. The first-order valence-electron chi connectivity index (χ1n) is 7.26. The van der Waals surface area contributed by atoms with Crippen LogP contribution in [0, 0.1) is 5.92 Å². The van der Waals surface area contributed by atoms with Crippen LogP contribution in [0.3, 0.4) is 0 Å². The monoisotopic (exact) mass is 256 g/mol. The Hall–Kier alpha value is -0.610. The normalized spacial score (nSPS) is 20.1. The Labute approximate surface area is 111 Å². The van der Waals surface area contributed by atoms with Crippen LogP contribution in [0.15, 0.2) is 0 Å². The first-order valence-corrected chi connectivity index (χ1v) is 7.26. The molecule has 4 nitrogen and oxygen atoms in total. The second-order valence-electron chi connectivity index (χ2n) is 5.50. The number of hydrogen-bond donors (Lipinski definition) is 2. The van der Waals surface area contributed by atoms with E-state index in [4.69, 9.17) is 4.74 Å². The Morgan fingerprint density at radius 2 is 2.28 bits per heavy atom. The zero-order valence-electron chi connectivity index (χ0n) is 11.8. The van der Waals surface area contributed by atoms with E-state index in [0.29, 0.717) is 31.5 Å². The quantitative estimate of drug-likeness (QED) is 0.650. The van der Waals surface area contributed by atoms with E-state index in [1.54, 1.807) is 0 Å². The Morgan fingerprint density at radius 3 is 2.94 bits per heavy atom. The van der Waals surface area contributed by atoms with E-state index >= 15 is 0 Å². The van der Waals surface area contributed by atoms with E-state index in [1.807, 2.05) is 0 Å². The van der Waals surface area contributed by atoms with Gasteiger partial charge >= 0.3 is 0 Å². The molecule has 1 heterocycles. The van der Waals surface area contributed by atoms with E-state index in [-0.39, 0.29) is 5.91 Å². The standard InChI is InChI=1S/C14H28N2O2/c1-12(2)11-18-10-9-16-14(17)7-6-13-5-3-4-8-15-13/h12-13,15H,3-11H2,1-2H3,(H,16,17). The molecule has 1 atom stereocenters. The predicted octanol–water partition coefficient (Wildman–Crippen LogP) is 1.70. The largest absolute Gasteiger partial charge is 0.379 e. The predicted molar refractivity (Wildman–Crippen MR) is 73.5 cm³/mol. The minimum Gasteiger partial charge on any atom is -0.379 e. The van der Waals surface area contributed by atoms with Crippen molar-refractivity contribution in [3.8, 4) is 0 Å². The van der Waals surface area contributed by atoms with Crippen LogP contribution in [0.1, 0.15) is 46.0 Å². The van der Waals surface area contributed by atoms with Crippen molar-refractivity contribution in [1.29, 1.82) is 0 Å². The molecule has 106 valence electrons. The maximum atomic E-state index is 11.6. The summed E-state index contributed by atoms with van der Waals surface area (Å²) < 4.78 is 5.41. The van der Waals surface area contributed by atoms with Crippen molar-refractivity contribution in [3.05, 3.63) is 0 Å². The molecular formula is C14H28N2O2. The van der Waals surface area contributed by atoms with E-state index < -0.39 is 0 Å². The van der Waals surface area contributed by atoms with Crippen LogP contribution in [0.4, 0.5) is 0 Å². The highest BCUT2D eigenvalue weighted by atomic mass is 16.5. The van der Waals surface area contributed by atoms with Crippen LogP contribution >= 0.6 is 0 Å². The molecule has 0 aromatic rings. The van der Waals surface area contributed by atoms with Gasteiger partial charge in [0.1, 0.15) is 0 Å². The summed E-state index contributed by atoms with van der Waals surface area (Å²) in [6.07, 6.45) is 5.36. The third-order valence-corrected chi connectivity index (χ3v) is 3.15. The first-order chi connectivity index (χ1) is 8.68. The smallest absolute Gasteiger partial charge is 0.220 e. The lowest BCUT2D eigenvalue weighted by Crippen LogP contribution is -2.35. The van der Waals surface area contributed by atoms with Crippen LogP contribution in [-0.4, -0.2) is 38.3 Å². The molecule has 1 aliphatic heterocycles. The maximum Gasteiger partial charge on any atom is 0.220 e. The van der Waals surface area contributed by atoms with Gasteiger partial charge in [0.15, 0.2) is 0 Å². The van der Waals surface area contributed by atoms with E-state index in [1.165, 1.54) is 19.3 Å². The molecule has 1 aliphatic rings. The molecule has 2 N–H and O–H groups in total.